The van der Waals surface area contributed by atoms with Gasteiger partial charge in [0.1, 0.15) is 17.0 Å². The molecule has 1 heterocycles. The number of hydrogen-bond donors (Lipinski definition) is 0. The minimum absolute atomic E-state index is 0.0312. The normalized spacial score (nSPS) is 14.7. The van der Waals surface area contributed by atoms with Gasteiger partial charge in [0.25, 0.3) is 5.69 Å². The Morgan fingerprint density at radius 2 is 2.00 bits per heavy atom. The van der Waals surface area contributed by atoms with Crippen molar-refractivity contribution in [3.05, 3.63) is 27.8 Å². The largest absolute Gasteiger partial charge is 0.496 e. The number of hydrogen-bond acceptors (Lipinski definition) is 7. The van der Waals surface area contributed by atoms with Gasteiger partial charge in [-0.15, -0.1) is 0 Å². The molecule has 1 fully saturated rings. The summed E-state index contributed by atoms with van der Waals surface area (Å²) in [6.07, 6.45) is 0. The van der Waals surface area contributed by atoms with Gasteiger partial charge in [0.2, 0.25) is 0 Å². The molecule has 0 saturated carbocycles. The minimum Gasteiger partial charge on any atom is -0.496 e. The summed E-state index contributed by atoms with van der Waals surface area (Å²) in [4.78, 5) is 24.3. The van der Waals surface area contributed by atoms with Crippen LogP contribution in [0.1, 0.15) is 10.4 Å². The average molecular weight is 296 g/mol. The topological polar surface area (TPSA) is 91.1 Å². The molecule has 8 heteroatoms. The van der Waals surface area contributed by atoms with E-state index in [1.165, 1.54) is 26.4 Å². The maximum Gasteiger partial charge on any atom is 0.341 e. The van der Waals surface area contributed by atoms with Gasteiger partial charge in [-0.25, -0.2) is 4.79 Å². The number of morpholine rings is 1. The van der Waals surface area contributed by atoms with Gasteiger partial charge in [-0.1, -0.05) is 0 Å². The van der Waals surface area contributed by atoms with Crippen LogP contribution in [0.5, 0.6) is 5.75 Å². The molecule has 8 nitrogen and oxygen atoms in total. The van der Waals surface area contributed by atoms with Crippen LogP contribution >= 0.6 is 0 Å². The molecule has 0 bridgehead atoms. The fraction of sp³-hybridized carbons (Fsp3) is 0.462. The second-order valence-corrected chi connectivity index (χ2v) is 4.39. The third-order valence-corrected chi connectivity index (χ3v) is 3.25. The Balaban J connectivity index is 2.52. The van der Waals surface area contributed by atoms with Crippen molar-refractivity contribution in [3.8, 4) is 5.75 Å². The van der Waals surface area contributed by atoms with E-state index in [2.05, 4.69) is 4.74 Å². The molecule has 1 aromatic rings. The summed E-state index contributed by atoms with van der Waals surface area (Å²) in [5, 5.41) is 11.3. The number of ether oxygens (including phenoxy) is 3. The molecule has 114 valence electrons. The first-order chi connectivity index (χ1) is 10.1. The van der Waals surface area contributed by atoms with Crippen molar-refractivity contribution in [2.24, 2.45) is 0 Å². The predicted molar refractivity (Wildman–Crippen MR) is 74.0 cm³/mol. The summed E-state index contributed by atoms with van der Waals surface area (Å²) in [7, 11) is 2.61. The highest BCUT2D eigenvalue weighted by molar-refractivity contribution is 5.95. The summed E-state index contributed by atoms with van der Waals surface area (Å²) in [5.74, 6) is -0.433. The summed E-state index contributed by atoms with van der Waals surface area (Å²) >= 11 is 0. The number of esters is 1. The highest BCUT2D eigenvalue weighted by Crippen LogP contribution is 2.36. The van der Waals surface area contributed by atoms with Crippen molar-refractivity contribution in [3.63, 3.8) is 0 Å². The number of nitro groups is 1. The van der Waals surface area contributed by atoms with Crippen molar-refractivity contribution in [1.29, 1.82) is 0 Å². The first-order valence-corrected chi connectivity index (χ1v) is 6.36. The van der Waals surface area contributed by atoms with Crippen LogP contribution in [0.25, 0.3) is 0 Å². The van der Waals surface area contributed by atoms with Gasteiger partial charge in [0.05, 0.1) is 32.4 Å². The third kappa shape index (κ3) is 3.05. The second kappa shape index (κ2) is 6.40. The molecule has 0 spiro atoms. The van der Waals surface area contributed by atoms with Gasteiger partial charge in [0.15, 0.2) is 0 Å². The van der Waals surface area contributed by atoms with Gasteiger partial charge in [-0.2, -0.15) is 0 Å². The second-order valence-electron chi connectivity index (χ2n) is 4.39. The molecule has 0 radical (unpaired) electrons. The molecule has 1 aliphatic heterocycles. The standard InChI is InChI=1S/C13H16N2O6/c1-19-12-8-10(14-3-5-21-6-4-14)11(15(17)18)7-9(12)13(16)20-2/h7-8H,3-6H2,1-2H3. The zero-order valence-electron chi connectivity index (χ0n) is 11.8. The van der Waals surface area contributed by atoms with Crippen molar-refractivity contribution < 1.29 is 23.9 Å². The number of benzene rings is 1. The van der Waals surface area contributed by atoms with Crippen LogP contribution in [-0.4, -0.2) is 51.4 Å². The SMILES string of the molecule is COC(=O)c1cc([N+](=O)[O-])c(N2CCOCC2)cc1OC. The molecular formula is C13H16N2O6. The lowest BCUT2D eigenvalue weighted by atomic mass is 10.1. The maximum absolute atomic E-state index is 11.7. The van der Waals surface area contributed by atoms with E-state index in [1.807, 2.05) is 4.90 Å². The fourth-order valence-electron chi connectivity index (χ4n) is 2.20. The Morgan fingerprint density at radius 1 is 1.33 bits per heavy atom. The van der Waals surface area contributed by atoms with E-state index in [0.29, 0.717) is 32.0 Å². The molecule has 1 saturated heterocycles. The van der Waals surface area contributed by atoms with Gasteiger partial charge >= 0.3 is 5.97 Å². The molecule has 0 unspecified atom stereocenters. The molecular weight excluding hydrogens is 280 g/mol. The molecule has 0 N–H and O–H groups in total. The number of nitro benzene ring substituents is 1. The van der Waals surface area contributed by atoms with Crippen LogP contribution in [0, 0.1) is 10.1 Å². The lowest BCUT2D eigenvalue weighted by Gasteiger charge is -2.28. The number of rotatable bonds is 4. The van der Waals surface area contributed by atoms with E-state index >= 15 is 0 Å². The van der Waals surface area contributed by atoms with Gasteiger partial charge < -0.3 is 19.1 Å². The summed E-state index contributed by atoms with van der Waals surface area (Å²) in [5.41, 5.74) is 0.287. The van der Waals surface area contributed by atoms with Gasteiger partial charge in [0, 0.05) is 25.2 Å². The number of nitrogens with zero attached hydrogens (tertiary/aromatic N) is 2. The quantitative estimate of drug-likeness (QED) is 0.468. The van der Waals surface area contributed by atoms with Crippen molar-refractivity contribution >= 4 is 17.3 Å². The van der Waals surface area contributed by atoms with E-state index < -0.39 is 10.9 Å². The molecule has 2 rings (SSSR count). The lowest BCUT2D eigenvalue weighted by molar-refractivity contribution is -0.384. The zero-order valence-corrected chi connectivity index (χ0v) is 11.8. The third-order valence-electron chi connectivity index (χ3n) is 3.25. The first-order valence-electron chi connectivity index (χ1n) is 6.36. The van der Waals surface area contributed by atoms with E-state index in [0.717, 1.165) is 0 Å². The maximum atomic E-state index is 11.7. The lowest BCUT2D eigenvalue weighted by Crippen LogP contribution is -2.36. The molecule has 0 amide bonds. The molecule has 1 aliphatic rings. The summed E-state index contributed by atoms with van der Waals surface area (Å²) in [6.45, 7) is 2.08. The first kappa shape index (κ1) is 15.0. The van der Waals surface area contributed by atoms with E-state index in [-0.39, 0.29) is 17.0 Å². The highest BCUT2D eigenvalue weighted by atomic mass is 16.6. The van der Waals surface area contributed by atoms with E-state index in [9.17, 15) is 14.9 Å². The molecule has 0 aromatic heterocycles. The molecule has 0 aliphatic carbocycles. The molecule has 21 heavy (non-hydrogen) atoms. The summed E-state index contributed by atoms with van der Waals surface area (Å²) in [6, 6.07) is 2.69. The number of methoxy groups -OCH3 is 2. The van der Waals surface area contributed by atoms with Crippen LogP contribution in [-0.2, 0) is 9.47 Å². The fourth-order valence-corrected chi connectivity index (χ4v) is 2.20. The van der Waals surface area contributed by atoms with E-state index in [1.54, 1.807) is 0 Å². The van der Waals surface area contributed by atoms with Crippen LogP contribution < -0.4 is 9.64 Å². The Bertz CT molecular complexity index is 554. The summed E-state index contributed by atoms with van der Waals surface area (Å²) < 4.78 is 15.0. The van der Waals surface area contributed by atoms with Crippen LogP contribution in [0.3, 0.4) is 0 Å². The van der Waals surface area contributed by atoms with Gasteiger partial charge in [-0.3, -0.25) is 10.1 Å². The average Bonchev–Trinajstić information content (AvgIpc) is 2.53. The molecule has 0 atom stereocenters. The Hall–Kier alpha value is -2.35. The van der Waals surface area contributed by atoms with Crippen LogP contribution in [0.15, 0.2) is 12.1 Å². The van der Waals surface area contributed by atoms with Crippen molar-refractivity contribution in [2.75, 3.05) is 45.4 Å². The minimum atomic E-state index is -0.677. The highest BCUT2D eigenvalue weighted by Gasteiger charge is 2.27. The van der Waals surface area contributed by atoms with Crippen LogP contribution in [0.2, 0.25) is 0 Å². The zero-order chi connectivity index (χ0) is 15.4. The van der Waals surface area contributed by atoms with Gasteiger partial charge in [-0.05, 0) is 0 Å². The predicted octanol–water partition coefficient (Wildman–Crippen LogP) is 1.23. The van der Waals surface area contributed by atoms with E-state index in [4.69, 9.17) is 9.47 Å². The van der Waals surface area contributed by atoms with Crippen molar-refractivity contribution in [1.82, 2.24) is 0 Å². The van der Waals surface area contributed by atoms with Crippen molar-refractivity contribution in [2.45, 2.75) is 0 Å². The Labute approximate surface area is 121 Å². The van der Waals surface area contributed by atoms with Crippen LogP contribution in [0.4, 0.5) is 11.4 Å². The Kier molecular flexibility index (Phi) is 4.59. The number of anilines is 1. The Morgan fingerprint density at radius 3 is 2.52 bits per heavy atom. The smallest absolute Gasteiger partial charge is 0.341 e. The number of carbonyl (C=O) groups is 1. The monoisotopic (exact) mass is 296 g/mol. The molecule has 1 aromatic carbocycles. The number of carbonyl (C=O) groups excluding carboxylic acids is 1.